The molecule has 4 heteroatoms. The van der Waals surface area contributed by atoms with Crippen LogP contribution in [0.4, 0.5) is 0 Å². The fraction of sp³-hybridized carbons (Fsp3) is 0.154. The highest BCUT2D eigenvalue weighted by molar-refractivity contribution is 7.81. The van der Waals surface area contributed by atoms with E-state index in [0.29, 0.717) is 9.90 Å². The van der Waals surface area contributed by atoms with Gasteiger partial charge in [0, 0.05) is 10.4 Å². The maximum absolute atomic E-state index is 11.5. The van der Waals surface area contributed by atoms with E-state index >= 15 is 0 Å². The molecule has 1 atom stereocenters. The molecule has 1 aromatic heterocycles. The van der Waals surface area contributed by atoms with Gasteiger partial charge in [0.15, 0.2) is 5.78 Å². The van der Waals surface area contributed by atoms with Gasteiger partial charge in [-0.3, -0.25) is 4.79 Å². The Kier molecular flexibility index (Phi) is 3.92. The predicted octanol–water partition coefficient (Wildman–Crippen LogP) is 4.62. The normalized spacial score (nSPS) is 12.4. The van der Waals surface area contributed by atoms with E-state index in [1.807, 2.05) is 30.3 Å². The molecule has 1 nitrogen and oxygen atoms in total. The summed E-state index contributed by atoms with van der Waals surface area (Å²) in [5.41, 5.74) is 1.74. The van der Waals surface area contributed by atoms with Crippen LogP contribution in [0.5, 0.6) is 0 Å². The Labute approximate surface area is 115 Å². The number of benzene rings is 1. The molecular formula is C13H11ClOS2. The van der Waals surface area contributed by atoms with Crippen LogP contribution in [0.15, 0.2) is 36.4 Å². The molecule has 0 spiro atoms. The van der Waals surface area contributed by atoms with Crippen LogP contribution < -0.4 is 0 Å². The van der Waals surface area contributed by atoms with E-state index < -0.39 is 0 Å². The number of thiophene rings is 1. The maximum atomic E-state index is 11.5. The monoisotopic (exact) mass is 282 g/mol. The fourth-order valence-corrected chi connectivity index (χ4v) is 3.41. The second kappa shape index (κ2) is 5.25. The molecule has 17 heavy (non-hydrogen) atoms. The van der Waals surface area contributed by atoms with E-state index in [2.05, 4.69) is 12.6 Å². The van der Waals surface area contributed by atoms with Gasteiger partial charge in [-0.2, -0.15) is 12.6 Å². The molecule has 0 aliphatic carbocycles. The summed E-state index contributed by atoms with van der Waals surface area (Å²) >= 11 is 12.0. The average molecular weight is 283 g/mol. The van der Waals surface area contributed by atoms with E-state index in [-0.39, 0.29) is 11.0 Å². The summed E-state index contributed by atoms with van der Waals surface area (Å²) in [5.74, 6) is 0.0260. The lowest BCUT2D eigenvalue weighted by molar-refractivity contribution is 0.101. The Hall–Kier alpha value is -0.770. The molecule has 0 saturated carbocycles. The van der Waals surface area contributed by atoms with E-state index in [1.165, 1.54) is 11.3 Å². The van der Waals surface area contributed by atoms with Crippen molar-refractivity contribution in [3.63, 3.8) is 0 Å². The van der Waals surface area contributed by atoms with Crippen LogP contribution in [0, 0.1) is 0 Å². The maximum Gasteiger partial charge on any atom is 0.161 e. The van der Waals surface area contributed by atoms with Crippen molar-refractivity contribution < 1.29 is 4.79 Å². The van der Waals surface area contributed by atoms with Gasteiger partial charge in [-0.25, -0.2) is 0 Å². The Bertz CT molecular complexity index is 534. The molecular weight excluding hydrogens is 272 g/mol. The Morgan fingerprint density at radius 3 is 2.59 bits per heavy atom. The van der Waals surface area contributed by atoms with Gasteiger partial charge >= 0.3 is 0 Å². The van der Waals surface area contributed by atoms with Crippen molar-refractivity contribution in [2.45, 2.75) is 12.2 Å². The second-order valence-electron chi connectivity index (χ2n) is 3.70. The fourth-order valence-electron chi connectivity index (χ4n) is 1.64. The number of carbonyl (C=O) groups is 1. The third kappa shape index (κ3) is 2.73. The summed E-state index contributed by atoms with van der Waals surface area (Å²) in [6.45, 7) is 1.55. The minimum Gasteiger partial charge on any atom is -0.294 e. The molecule has 0 fully saturated rings. The third-order valence-electron chi connectivity index (χ3n) is 2.47. The number of rotatable bonds is 3. The number of hydrogen-bond donors (Lipinski definition) is 1. The first kappa shape index (κ1) is 12.7. The van der Waals surface area contributed by atoms with Crippen LogP contribution in [0.3, 0.4) is 0 Å². The molecule has 0 radical (unpaired) electrons. The molecule has 0 N–H and O–H groups in total. The number of hydrogen-bond acceptors (Lipinski definition) is 3. The van der Waals surface area contributed by atoms with E-state index in [0.717, 1.165) is 10.4 Å². The van der Waals surface area contributed by atoms with Crippen LogP contribution in [0.2, 0.25) is 4.34 Å². The summed E-state index contributed by atoms with van der Waals surface area (Å²) in [6, 6.07) is 11.6. The van der Waals surface area contributed by atoms with Gasteiger partial charge in [-0.15, -0.1) is 11.3 Å². The van der Waals surface area contributed by atoms with Gasteiger partial charge in [0.1, 0.15) is 0 Å². The molecule has 0 saturated heterocycles. The topological polar surface area (TPSA) is 17.1 Å². The molecule has 0 aliphatic heterocycles. The van der Waals surface area contributed by atoms with Crippen LogP contribution in [0.25, 0.3) is 0 Å². The first-order valence-corrected chi connectivity index (χ1v) is 6.84. The minimum atomic E-state index is -0.104. The highest BCUT2D eigenvalue weighted by Gasteiger charge is 2.19. The number of carbonyl (C=O) groups excluding carboxylic acids is 1. The van der Waals surface area contributed by atoms with Crippen LogP contribution >= 0.6 is 35.6 Å². The van der Waals surface area contributed by atoms with E-state index in [1.54, 1.807) is 13.0 Å². The lowest BCUT2D eigenvalue weighted by Crippen LogP contribution is -1.98. The summed E-state index contributed by atoms with van der Waals surface area (Å²) in [4.78, 5) is 12.4. The van der Waals surface area contributed by atoms with E-state index in [4.69, 9.17) is 11.6 Å². The highest BCUT2D eigenvalue weighted by Crippen LogP contribution is 2.38. The summed E-state index contributed by atoms with van der Waals surface area (Å²) in [5, 5.41) is -0.104. The lowest BCUT2D eigenvalue weighted by Gasteiger charge is -2.10. The van der Waals surface area contributed by atoms with Crippen LogP contribution in [-0.4, -0.2) is 5.78 Å². The smallest absolute Gasteiger partial charge is 0.161 e. The Morgan fingerprint density at radius 2 is 2.00 bits per heavy atom. The zero-order chi connectivity index (χ0) is 12.4. The van der Waals surface area contributed by atoms with Gasteiger partial charge in [-0.05, 0) is 18.6 Å². The predicted molar refractivity (Wildman–Crippen MR) is 76.6 cm³/mol. The van der Waals surface area contributed by atoms with Gasteiger partial charge < -0.3 is 0 Å². The molecule has 1 unspecified atom stereocenters. The average Bonchev–Trinajstić information content (AvgIpc) is 2.72. The quantitative estimate of drug-likeness (QED) is 0.642. The summed E-state index contributed by atoms with van der Waals surface area (Å²) in [7, 11) is 0. The van der Waals surface area contributed by atoms with Crippen LogP contribution in [-0.2, 0) is 0 Å². The van der Waals surface area contributed by atoms with Gasteiger partial charge in [0.2, 0.25) is 0 Å². The molecule has 0 aliphatic rings. The van der Waals surface area contributed by atoms with E-state index in [9.17, 15) is 4.79 Å². The Morgan fingerprint density at radius 1 is 1.35 bits per heavy atom. The number of halogens is 1. The molecule has 1 aromatic carbocycles. The summed E-state index contributed by atoms with van der Waals surface area (Å²) < 4.78 is 0.625. The second-order valence-corrected chi connectivity index (χ2v) is 5.93. The molecule has 0 amide bonds. The zero-order valence-corrected chi connectivity index (χ0v) is 11.6. The van der Waals surface area contributed by atoms with Crippen molar-refractivity contribution in [2.24, 2.45) is 0 Å². The summed E-state index contributed by atoms with van der Waals surface area (Å²) in [6.07, 6.45) is 0. The molecule has 0 bridgehead atoms. The van der Waals surface area contributed by atoms with Crippen molar-refractivity contribution in [2.75, 3.05) is 0 Å². The van der Waals surface area contributed by atoms with Crippen LogP contribution in [0.1, 0.15) is 33.0 Å². The number of Topliss-reactive ketones (excluding diaryl/α,β-unsaturated/α-hetero) is 1. The van der Waals surface area contributed by atoms with Gasteiger partial charge in [0.25, 0.3) is 0 Å². The first-order chi connectivity index (χ1) is 8.09. The lowest BCUT2D eigenvalue weighted by atomic mass is 10.1. The molecule has 2 rings (SSSR count). The molecule has 88 valence electrons. The first-order valence-electron chi connectivity index (χ1n) is 5.12. The van der Waals surface area contributed by atoms with Crippen molar-refractivity contribution in [1.82, 2.24) is 0 Å². The standard InChI is InChI=1S/C13H11ClOS2/c1-8(15)10-7-11(14)17-13(10)12(16)9-5-3-2-4-6-9/h2-7,12,16H,1H3. The highest BCUT2D eigenvalue weighted by atomic mass is 35.5. The van der Waals surface area contributed by atoms with Crippen molar-refractivity contribution in [1.29, 1.82) is 0 Å². The molecule has 1 heterocycles. The molecule has 2 aromatic rings. The Balaban J connectivity index is 2.44. The van der Waals surface area contributed by atoms with Gasteiger partial charge in [0.05, 0.1) is 9.59 Å². The van der Waals surface area contributed by atoms with Crippen molar-refractivity contribution in [3.05, 3.63) is 56.7 Å². The van der Waals surface area contributed by atoms with Crippen molar-refractivity contribution >= 4 is 41.3 Å². The van der Waals surface area contributed by atoms with Crippen molar-refractivity contribution in [3.8, 4) is 0 Å². The minimum absolute atomic E-state index is 0.0260. The largest absolute Gasteiger partial charge is 0.294 e. The third-order valence-corrected chi connectivity index (χ3v) is 4.53. The number of ketones is 1. The number of thiol groups is 1. The SMILES string of the molecule is CC(=O)c1cc(Cl)sc1C(S)c1ccccc1. The zero-order valence-electron chi connectivity index (χ0n) is 9.18. The van der Waals surface area contributed by atoms with Gasteiger partial charge in [-0.1, -0.05) is 41.9 Å².